The van der Waals surface area contributed by atoms with Crippen molar-refractivity contribution in [3.63, 3.8) is 0 Å². The molecular formula is C22H19NO2S. The largest absolute Gasteiger partial charge is 0.497 e. The highest BCUT2D eigenvalue weighted by Gasteiger charge is 2.34. The molecule has 0 fully saturated rings. The van der Waals surface area contributed by atoms with E-state index in [4.69, 9.17) is 14.9 Å². The van der Waals surface area contributed by atoms with Gasteiger partial charge in [-0.05, 0) is 53.6 Å². The number of hydrogen-bond donors (Lipinski definition) is 1. The Bertz CT molecular complexity index is 1030. The SMILES string of the molecule is COc1ccc2c(c1)C1=C(CC2)C(c2cc3ccccc3s2)CC(=N)O1. The topological polar surface area (TPSA) is 42.3 Å². The number of fused-ring (bicyclic) bond motifs is 3. The number of aryl methyl sites for hydroxylation is 1. The van der Waals surface area contributed by atoms with Gasteiger partial charge in [0.2, 0.25) is 0 Å². The van der Waals surface area contributed by atoms with Crippen molar-refractivity contribution in [3.05, 3.63) is 70.1 Å². The van der Waals surface area contributed by atoms with Gasteiger partial charge in [-0.3, -0.25) is 5.41 Å². The van der Waals surface area contributed by atoms with E-state index in [0.717, 1.165) is 29.9 Å². The molecule has 1 aliphatic carbocycles. The molecule has 1 aliphatic heterocycles. The summed E-state index contributed by atoms with van der Waals surface area (Å²) >= 11 is 1.84. The van der Waals surface area contributed by atoms with Crippen molar-refractivity contribution >= 4 is 33.1 Å². The van der Waals surface area contributed by atoms with Crippen LogP contribution in [0.15, 0.2) is 54.1 Å². The Hall–Kier alpha value is -2.59. The highest BCUT2D eigenvalue weighted by Crippen LogP contribution is 2.47. The lowest BCUT2D eigenvalue weighted by atomic mass is 9.80. The third kappa shape index (κ3) is 2.44. The zero-order valence-electron chi connectivity index (χ0n) is 14.5. The minimum absolute atomic E-state index is 0.239. The summed E-state index contributed by atoms with van der Waals surface area (Å²) in [5.74, 6) is 2.30. The van der Waals surface area contributed by atoms with Crippen molar-refractivity contribution in [2.45, 2.75) is 25.2 Å². The summed E-state index contributed by atoms with van der Waals surface area (Å²) in [6.45, 7) is 0. The van der Waals surface area contributed by atoms with Gasteiger partial charge in [0.25, 0.3) is 0 Å². The van der Waals surface area contributed by atoms with Gasteiger partial charge in [0.05, 0.1) is 7.11 Å². The van der Waals surface area contributed by atoms with Gasteiger partial charge < -0.3 is 9.47 Å². The summed E-state index contributed by atoms with van der Waals surface area (Å²) in [5.41, 5.74) is 3.68. The molecule has 2 heterocycles. The van der Waals surface area contributed by atoms with E-state index in [0.29, 0.717) is 12.3 Å². The second-order valence-electron chi connectivity index (χ2n) is 6.85. The van der Waals surface area contributed by atoms with Gasteiger partial charge in [-0.2, -0.15) is 0 Å². The zero-order chi connectivity index (χ0) is 17.7. The normalized spacial score (nSPS) is 19.1. The molecule has 0 spiro atoms. The van der Waals surface area contributed by atoms with Crippen LogP contribution in [0.1, 0.15) is 34.8 Å². The fraction of sp³-hybridized carbons (Fsp3) is 0.227. The third-order valence-electron chi connectivity index (χ3n) is 5.34. The Kier molecular flexibility index (Phi) is 3.61. The lowest BCUT2D eigenvalue weighted by molar-refractivity contribution is 0.411. The molecule has 130 valence electrons. The predicted molar refractivity (Wildman–Crippen MR) is 106 cm³/mol. The first kappa shape index (κ1) is 15.6. The minimum Gasteiger partial charge on any atom is -0.497 e. The van der Waals surface area contributed by atoms with Crippen LogP contribution in [-0.4, -0.2) is 13.0 Å². The molecule has 3 aromatic rings. The maximum Gasteiger partial charge on any atom is 0.188 e. The van der Waals surface area contributed by atoms with Crippen LogP contribution in [-0.2, 0) is 11.2 Å². The number of allylic oxidation sites excluding steroid dienone is 1. The zero-order valence-corrected chi connectivity index (χ0v) is 15.4. The van der Waals surface area contributed by atoms with Crippen LogP contribution < -0.4 is 4.74 Å². The molecule has 2 aliphatic rings. The van der Waals surface area contributed by atoms with Crippen molar-refractivity contribution < 1.29 is 9.47 Å². The second kappa shape index (κ2) is 5.99. The van der Waals surface area contributed by atoms with Crippen LogP contribution in [0.2, 0.25) is 0 Å². The van der Waals surface area contributed by atoms with Crippen LogP contribution in [0.3, 0.4) is 0 Å². The minimum atomic E-state index is 0.239. The molecule has 5 rings (SSSR count). The molecule has 4 heteroatoms. The summed E-state index contributed by atoms with van der Waals surface area (Å²) in [4.78, 5) is 1.33. The lowest BCUT2D eigenvalue weighted by Gasteiger charge is -2.32. The first-order valence-corrected chi connectivity index (χ1v) is 9.68. The lowest BCUT2D eigenvalue weighted by Crippen LogP contribution is -2.22. The maximum atomic E-state index is 8.28. The fourth-order valence-corrected chi connectivity index (χ4v) is 5.24. The van der Waals surface area contributed by atoms with Crippen LogP contribution in [0.5, 0.6) is 5.75 Å². The average Bonchev–Trinajstić information content (AvgIpc) is 3.11. The van der Waals surface area contributed by atoms with E-state index in [1.54, 1.807) is 7.11 Å². The fourth-order valence-electron chi connectivity index (χ4n) is 4.04. The van der Waals surface area contributed by atoms with Crippen molar-refractivity contribution in [2.24, 2.45) is 0 Å². The summed E-state index contributed by atoms with van der Waals surface area (Å²) in [5, 5.41) is 9.57. The van der Waals surface area contributed by atoms with Crippen molar-refractivity contribution in [1.29, 1.82) is 5.41 Å². The molecule has 1 aromatic heterocycles. The number of rotatable bonds is 2. The van der Waals surface area contributed by atoms with Crippen molar-refractivity contribution in [2.75, 3.05) is 7.11 Å². The van der Waals surface area contributed by atoms with E-state index in [-0.39, 0.29) is 5.92 Å². The van der Waals surface area contributed by atoms with E-state index in [1.165, 1.54) is 26.1 Å². The monoisotopic (exact) mass is 361 g/mol. The van der Waals surface area contributed by atoms with Gasteiger partial charge in [-0.25, -0.2) is 0 Å². The first-order chi connectivity index (χ1) is 12.7. The number of benzene rings is 2. The van der Waals surface area contributed by atoms with Crippen LogP contribution in [0, 0.1) is 5.41 Å². The Morgan fingerprint density at radius 3 is 2.85 bits per heavy atom. The van der Waals surface area contributed by atoms with E-state index >= 15 is 0 Å². The van der Waals surface area contributed by atoms with E-state index in [1.807, 2.05) is 23.5 Å². The smallest absolute Gasteiger partial charge is 0.188 e. The third-order valence-corrected chi connectivity index (χ3v) is 6.57. The van der Waals surface area contributed by atoms with Gasteiger partial charge in [0.1, 0.15) is 11.5 Å². The number of ether oxygens (including phenoxy) is 2. The molecule has 0 radical (unpaired) electrons. The van der Waals surface area contributed by atoms with Crippen LogP contribution in [0.25, 0.3) is 15.8 Å². The van der Waals surface area contributed by atoms with Gasteiger partial charge in [0.15, 0.2) is 5.90 Å². The molecule has 0 saturated heterocycles. The molecule has 1 unspecified atom stereocenters. The Labute approximate surface area is 156 Å². The molecule has 2 aromatic carbocycles. The highest BCUT2D eigenvalue weighted by molar-refractivity contribution is 7.19. The average molecular weight is 361 g/mol. The molecule has 26 heavy (non-hydrogen) atoms. The Morgan fingerprint density at radius 2 is 2.00 bits per heavy atom. The molecule has 1 N–H and O–H groups in total. The number of nitrogens with one attached hydrogen (secondary N) is 1. The molecule has 0 amide bonds. The standard InChI is InChI=1S/C22H19NO2S/c1-24-15-8-6-13-7-9-16-18(12-21(23)25-22(16)17(13)11-15)20-10-14-4-2-3-5-19(14)26-20/h2-6,8,10-11,18,23H,7,9,12H2,1H3. The summed E-state index contributed by atoms with van der Waals surface area (Å²) < 4.78 is 12.7. The molecule has 3 nitrogen and oxygen atoms in total. The van der Waals surface area contributed by atoms with Crippen molar-refractivity contribution in [3.8, 4) is 5.75 Å². The van der Waals surface area contributed by atoms with Gasteiger partial charge in [0, 0.05) is 27.5 Å². The number of thiophene rings is 1. The van der Waals surface area contributed by atoms with Crippen molar-refractivity contribution in [1.82, 2.24) is 0 Å². The Balaban J connectivity index is 1.66. The number of methoxy groups -OCH3 is 1. The number of hydrogen-bond acceptors (Lipinski definition) is 4. The molecular weight excluding hydrogens is 342 g/mol. The first-order valence-electron chi connectivity index (χ1n) is 8.87. The second-order valence-corrected chi connectivity index (χ2v) is 7.96. The van der Waals surface area contributed by atoms with Crippen LogP contribution >= 0.6 is 11.3 Å². The van der Waals surface area contributed by atoms with E-state index in [2.05, 4.69) is 36.4 Å². The highest BCUT2D eigenvalue weighted by atomic mass is 32.1. The maximum absolute atomic E-state index is 8.28. The van der Waals surface area contributed by atoms with Gasteiger partial charge >= 0.3 is 0 Å². The van der Waals surface area contributed by atoms with Gasteiger partial charge in [-0.1, -0.05) is 24.3 Å². The van der Waals surface area contributed by atoms with E-state index in [9.17, 15) is 0 Å². The Morgan fingerprint density at radius 1 is 1.12 bits per heavy atom. The quantitative estimate of drug-likeness (QED) is 0.631. The molecule has 0 bridgehead atoms. The summed E-state index contributed by atoms with van der Waals surface area (Å²) in [6, 6.07) is 17.0. The molecule has 0 saturated carbocycles. The van der Waals surface area contributed by atoms with Gasteiger partial charge in [-0.15, -0.1) is 11.3 Å². The molecule has 1 atom stereocenters. The summed E-state index contributed by atoms with van der Waals surface area (Å²) in [6.07, 6.45) is 2.64. The van der Waals surface area contributed by atoms with E-state index < -0.39 is 0 Å². The predicted octanol–water partition coefficient (Wildman–Crippen LogP) is 5.75. The summed E-state index contributed by atoms with van der Waals surface area (Å²) in [7, 11) is 1.68. The van der Waals surface area contributed by atoms with Crippen LogP contribution in [0.4, 0.5) is 0 Å².